The fourth-order valence-electron chi connectivity index (χ4n) is 2.23. The van der Waals surface area contributed by atoms with Gasteiger partial charge in [0.25, 0.3) is 10.0 Å². The molecule has 0 saturated heterocycles. The summed E-state index contributed by atoms with van der Waals surface area (Å²) in [6.45, 7) is 0. The van der Waals surface area contributed by atoms with Gasteiger partial charge in [-0.15, -0.1) is 0 Å². The van der Waals surface area contributed by atoms with Crippen LogP contribution in [0.5, 0.6) is 0 Å². The predicted molar refractivity (Wildman–Crippen MR) is 100 cm³/mol. The maximum absolute atomic E-state index is 13.8. The third-order valence-electron chi connectivity index (χ3n) is 3.54. The topological polar surface area (TPSA) is 124 Å². The number of nitrogens with one attached hydrogen (secondary N) is 1. The van der Waals surface area contributed by atoms with Crippen molar-refractivity contribution in [2.24, 2.45) is 0 Å². The molecule has 0 amide bonds. The summed E-state index contributed by atoms with van der Waals surface area (Å²) in [4.78, 5) is 6.79. The lowest BCUT2D eigenvalue weighted by molar-refractivity contribution is 0.555. The van der Waals surface area contributed by atoms with Crippen molar-refractivity contribution in [2.75, 3.05) is 16.2 Å². The fourth-order valence-corrected chi connectivity index (χ4v) is 3.37. The molecule has 1 aromatic heterocycles. The van der Waals surface area contributed by atoms with Crippen LogP contribution in [0.4, 0.5) is 26.1 Å². The van der Waals surface area contributed by atoms with Gasteiger partial charge in [0.1, 0.15) is 40.1 Å². The Morgan fingerprint density at radius 3 is 2.39 bits per heavy atom. The highest BCUT2D eigenvalue weighted by Crippen LogP contribution is 2.20. The number of nitrogen functional groups attached to an aromatic ring is 2. The third kappa shape index (κ3) is 4.16. The fraction of sp³-hybridized carbons (Fsp3) is 0. The Morgan fingerprint density at radius 1 is 0.964 bits per heavy atom. The molecule has 0 radical (unpaired) electrons. The second-order valence-electron chi connectivity index (χ2n) is 5.53. The summed E-state index contributed by atoms with van der Waals surface area (Å²) in [5, 5.41) is 0. The number of sulfonamides is 1. The van der Waals surface area contributed by atoms with E-state index in [-0.39, 0.29) is 22.9 Å². The van der Waals surface area contributed by atoms with E-state index in [9.17, 15) is 17.2 Å². The number of rotatable bonds is 3. The van der Waals surface area contributed by atoms with Crippen LogP contribution in [0.3, 0.4) is 0 Å². The molecule has 0 fully saturated rings. The van der Waals surface area contributed by atoms with Crippen molar-refractivity contribution in [3.8, 4) is 11.8 Å². The monoisotopic (exact) mass is 401 g/mol. The zero-order valence-electron chi connectivity index (χ0n) is 14.1. The number of halogens is 2. The maximum Gasteiger partial charge on any atom is 0.264 e. The highest BCUT2D eigenvalue weighted by atomic mass is 32.2. The summed E-state index contributed by atoms with van der Waals surface area (Å²) in [6.07, 6.45) is 1.21. The van der Waals surface area contributed by atoms with Gasteiger partial charge in [-0.3, -0.25) is 4.72 Å². The second kappa shape index (κ2) is 7.50. The number of nitrogens with two attached hydrogens (primary N) is 2. The second-order valence-corrected chi connectivity index (χ2v) is 7.18. The van der Waals surface area contributed by atoms with Gasteiger partial charge in [-0.2, -0.15) is 0 Å². The number of hydrogen-bond donors (Lipinski definition) is 3. The summed E-state index contributed by atoms with van der Waals surface area (Å²) >= 11 is 0. The van der Waals surface area contributed by atoms with Crippen LogP contribution in [0.1, 0.15) is 11.1 Å². The first-order valence-electron chi connectivity index (χ1n) is 7.72. The van der Waals surface area contributed by atoms with Crippen molar-refractivity contribution in [1.82, 2.24) is 9.97 Å². The Balaban J connectivity index is 1.91. The van der Waals surface area contributed by atoms with Crippen molar-refractivity contribution >= 4 is 27.3 Å². The van der Waals surface area contributed by atoms with E-state index < -0.39 is 26.6 Å². The van der Waals surface area contributed by atoms with Gasteiger partial charge < -0.3 is 11.5 Å². The third-order valence-corrected chi connectivity index (χ3v) is 4.93. The van der Waals surface area contributed by atoms with Crippen LogP contribution >= 0.6 is 0 Å². The molecule has 0 aliphatic heterocycles. The minimum absolute atomic E-state index is 0.110. The molecule has 0 saturated carbocycles. The molecule has 7 nitrogen and oxygen atoms in total. The summed E-state index contributed by atoms with van der Waals surface area (Å²) in [6, 6.07) is 8.17. The average Bonchev–Trinajstić information content (AvgIpc) is 2.63. The van der Waals surface area contributed by atoms with Crippen LogP contribution in [0.25, 0.3) is 0 Å². The lowest BCUT2D eigenvalue weighted by Gasteiger charge is -2.09. The first-order chi connectivity index (χ1) is 13.3. The zero-order chi connectivity index (χ0) is 20.3. The van der Waals surface area contributed by atoms with Crippen molar-refractivity contribution in [2.45, 2.75) is 4.90 Å². The minimum Gasteiger partial charge on any atom is -0.382 e. The molecule has 1 heterocycles. The number of anilines is 3. The Bertz CT molecular complexity index is 1200. The molecule has 0 spiro atoms. The summed E-state index contributed by atoms with van der Waals surface area (Å²) in [5.41, 5.74) is 12.2. The molecule has 28 heavy (non-hydrogen) atoms. The summed E-state index contributed by atoms with van der Waals surface area (Å²) in [7, 11) is -4.34. The number of hydrogen-bond acceptors (Lipinski definition) is 6. The Labute approximate surface area is 159 Å². The maximum atomic E-state index is 13.8. The number of aromatic nitrogens is 2. The van der Waals surface area contributed by atoms with E-state index >= 15 is 0 Å². The minimum atomic E-state index is -4.34. The van der Waals surface area contributed by atoms with E-state index in [0.29, 0.717) is 11.6 Å². The summed E-state index contributed by atoms with van der Waals surface area (Å²) < 4.78 is 54.0. The molecular formula is C18H13F2N5O2S. The molecule has 0 atom stereocenters. The molecule has 3 rings (SSSR count). The number of benzene rings is 2. The van der Waals surface area contributed by atoms with Gasteiger partial charge in [-0.25, -0.2) is 27.2 Å². The lowest BCUT2D eigenvalue weighted by atomic mass is 10.2. The van der Waals surface area contributed by atoms with Crippen LogP contribution in [0, 0.1) is 23.5 Å². The molecule has 0 aliphatic carbocycles. The highest BCUT2D eigenvalue weighted by Gasteiger charge is 2.20. The quantitative estimate of drug-likeness (QED) is 0.578. The van der Waals surface area contributed by atoms with Crippen LogP contribution in [0.15, 0.2) is 53.7 Å². The van der Waals surface area contributed by atoms with Gasteiger partial charge in [0.05, 0.1) is 5.69 Å². The van der Waals surface area contributed by atoms with Gasteiger partial charge in [-0.1, -0.05) is 17.9 Å². The van der Waals surface area contributed by atoms with Crippen molar-refractivity contribution in [3.63, 3.8) is 0 Å². The first kappa shape index (κ1) is 19.1. The standard InChI is InChI=1S/C18H13F2N5O2S/c19-12-5-7-15(20)16(9-12)28(26,27)25-13-3-1-2-11(8-13)4-6-14-17(21)23-10-24-18(14)22/h1-3,5,7-10,25H,(H4,21,22,23,24). The van der Waals surface area contributed by atoms with Gasteiger partial charge in [0, 0.05) is 5.56 Å². The molecule has 0 unspecified atom stereocenters. The van der Waals surface area contributed by atoms with Gasteiger partial charge >= 0.3 is 0 Å². The molecule has 0 aliphatic rings. The van der Waals surface area contributed by atoms with Crippen molar-refractivity contribution in [1.29, 1.82) is 0 Å². The van der Waals surface area contributed by atoms with Crippen LogP contribution in [0.2, 0.25) is 0 Å². The van der Waals surface area contributed by atoms with Gasteiger partial charge in [0.15, 0.2) is 0 Å². The molecular weight excluding hydrogens is 388 g/mol. The molecule has 3 aromatic rings. The Morgan fingerprint density at radius 2 is 1.68 bits per heavy atom. The van der Waals surface area contributed by atoms with E-state index in [1.165, 1.54) is 24.5 Å². The van der Waals surface area contributed by atoms with Crippen LogP contribution < -0.4 is 16.2 Å². The van der Waals surface area contributed by atoms with Gasteiger partial charge in [-0.05, 0) is 36.4 Å². The molecule has 142 valence electrons. The van der Waals surface area contributed by atoms with Crippen LogP contribution in [-0.2, 0) is 10.0 Å². The Hall–Kier alpha value is -3.71. The van der Waals surface area contributed by atoms with E-state index in [2.05, 4.69) is 26.5 Å². The smallest absolute Gasteiger partial charge is 0.264 e. The lowest BCUT2D eigenvalue weighted by Crippen LogP contribution is -2.15. The van der Waals surface area contributed by atoms with Crippen LogP contribution in [-0.4, -0.2) is 18.4 Å². The largest absolute Gasteiger partial charge is 0.382 e. The number of nitrogens with zero attached hydrogens (tertiary/aromatic N) is 2. The first-order valence-corrected chi connectivity index (χ1v) is 9.20. The SMILES string of the molecule is Nc1ncnc(N)c1C#Cc1cccc(NS(=O)(=O)c2cc(F)ccc2F)c1. The molecule has 10 heteroatoms. The predicted octanol–water partition coefficient (Wildman–Crippen LogP) is 2.12. The average molecular weight is 401 g/mol. The van der Waals surface area contributed by atoms with E-state index in [1.807, 2.05) is 0 Å². The van der Waals surface area contributed by atoms with Crippen molar-refractivity contribution < 1.29 is 17.2 Å². The zero-order valence-corrected chi connectivity index (χ0v) is 15.0. The normalized spacial score (nSPS) is 10.8. The van der Waals surface area contributed by atoms with E-state index in [0.717, 1.165) is 12.1 Å². The Kier molecular flexibility index (Phi) is 5.10. The summed E-state index contributed by atoms with van der Waals surface area (Å²) in [5.74, 6) is 3.77. The molecule has 2 aromatic carbocycles. The van der Waals surface area contributed by atoms with E-state index in [4.69, 9.17) is 11.5 Å². The van der Waals surface area contributed by atoms with E-state index in [1.54, 1.807) is 6.07 Å². The molecule has 0 bridgehead atoms. The van der Waals surface area contributed by atoms with Gasteiger partial charge in [0.2, 0.25) is 0 Å². The highest BCUT2D eigenvalue weighted by molar-refractivity contribution is 7.92. The van der Waals surface area contributed by atoms with Crippen molar-refractivity contribution in [3.05, 3.63) is 71.6 Å². The molecule has 5 N–H and O–H groups in total.